The average molecular weight is 427 g/mol. The lowest BCUT2D eigenvalue weighted by atomic mass is 9.60. The lowest BCUT2D eigenvalue weighted by Gasteiger charge is -2.42. The number of benzene rings is 1. The number of aromatic nitrogens is 1. The smallest absolute Gasteiger partial charge is 0.242 e. The van der Waals surface area contributed by atoms with Crippen molar-refractivity contribution in [2.24, 2.45) is 17.8 Å². The van der Waals surface area contributed by atoms with Crippen molar-refractivity contribution >= 4 is 33.4 Å². The first-order chi connectivity index (χ1) is 13.0. The third-order valence-corrected chi connectivity index (χ3v) is 7.31. The first-order valence-corrected chi connectivity index (χ1v) is 10.6. The van der Waals surface area contributed by atoms with Gasteiger partial charge in [-0.15, -0.1) is 0 Å². The molecule has 5 atom stereocenters. The predicted octanol–water partition coefficient (Wildman–Crippen LogP) is 4.89. The van der Waals surface area contributed by atoms with Crippen molar-refractivity contribution < 1.29 is 9.59 Å². The summed E-state index contributed by atoms with van der Waals surface area (Å²) in [5, 5.41) is 0. The number of imide groups is 1. The summed E-state index contributed by atoms with van der Waals surface area (Å²) >= 11 is 3.43. The van der Waals surface area contributed by atoms with E-state index in [9.17, 15) is 9.59 Å². The molecule has 4 nitrogen and oxygen atoms in total. The predicted molar refractivity (Wildman–Crippen MR) is 108 cm³/mol. The molecule has 2 aliphatic carbocycles. The molecule has 0 radical (unpaired) electrons. The molecule has 140 valence electrons. The van der Waals surface area contributed by atoms with Crippen molar-refractivity contribution in [3.63, 3.8) is 0 Å². The van der Waals surface area contributed by atoms with E-state index < -0.39 is 0 Å². The van der Waals surface area contributed by atoms with Gasteiger partial charge in [-0.05, 0) is 67.5 Å². The molecule has 27 heavy (non-hydrogen) atoms. The Hall–Kier alpha value is -1.88. The zero-order chi connectivity index (χ0) is 18.9. The molecule has 2 fully saturated rings. The maximum atomic E-state index is 13.5. The number of aromatic amines is 1. The number of carbonyl (C=O) groups excluding carboxylic acids is 2. The highest BCUT2D eigenvalue weighted by Gasteiger charge is 2.58. The molecule has 0 bridgehead atoms. The van der Waals surface area contributed by atoms with Crippen LogP contribution in [0.2, 0.25) is 0 Å². The fraction of sp³-hybridized carbons (Fsp3) is 0.455. The topological polar surface area (TPSA) is 53.2 Å². The normalized spacial score (nSPS) is 32.3. The van der Waals surface area contributed by atoms with E-state index in [-0.39, 0.29) is 29.6 Å². The number of fused-ring (bicyclic) bond motifs is 6. The van der Waals surface area contributed by atoms with Gasteiger partial charge in [0, 0.05) is 21.8 Å². The van der Waals surface area contributed by atoms with Crippen LogP contribution < -0.4 is 4.90 Å². The van der Waals surface area contributed by atoms with Crippen molar-refractivity contribution in [3.05, 3.63) is 51.8 Å². The van der Waals surface area contributed by atoms with Crippen LogP contribution in [0.4, 0.5) is 5.69 Å². The average Bonchev–Trinajstić information content (AvgIpc) is 3.14. The van der Waals surface area contributed by atoms with E-state index >= 15 is 0 Å². The number of hydrogen-bond acceptors (Lipinski definition) is 2. The third kappa shape index (κ3) is 2.47. The Morgan fingerprint density at radius 2 is 1.85 bits per heavy atom. The monoisotopic (exact) mass is 426 g/mol. The number of amides is 2. The van der Waals surface area contributed by atoms with Gasteiger partial charge in [0.25, 0.3) is 0 Å². The molecule has 1 unspecified atom stereocenters. The van der Waals surface area contributed by atoms with E-state index in [1.807, 2.05) is 31.2 Å². The largest absolute Gasteiger partial charge is 0.362 e. The number of H-pyrrole nitrogens is 1. The van der Waals surface area contributed by atoms with Gasteiger partial charge in [-0.1, -0.05) is 29.3 Å². The fourth-order valence-electron chi connectivity index (χ4n) is 5.67. The molecule has 2 aromatic rings. The summed E-state index contributed by atoms with van der Waals surface area (Å²) in [6.45, 7) is 4.32. The third-order valence-electron chi connectivity index (χ3n) is 6.78. The van der Waals surface area contributed by atoms with Crippen LogP contribution in [0.5, 0.6) is 0 Å². The standard InChI is InChI=1S/C22H23BrN2O2/c1-11-3-8-15-16(9-11)18-19(17-10-12(2)24-20(15)17)22(27)25(21(18)26)14-6-4-13(23)5-7-14/h4-7,10-11,15-16,18-19,24H,3,8-9H2,1-2H3/t11?,15-,16+,18+,19-/m1/s1. The summed E-state index contributed by atoms with van der Waals surface area (Å²) in [5.41, 5.74) is 4.04. The van der Waals surface area contributed by atoms with Crippen molar-refractivity contribution in [2.45, 2.75) is 44.9 Å². The minimum Gasteiger partial charge on any atom is -0.362 e. The fourth-order valence-corrected chi connectivity index (χ4v) is 5.93. The Balaban J connectivity index is 1.64. The minimum atomic E-state index is -0.340. The molecular weight excluding hydrogens is 404 g/mol. The molecule has 2 heterocycles. The Morgan fingerprint density at radius 1 is 1.11 bits per heavy atom. The van der Waals surface area contributed by atoms with Gasteiger partial charge in [-0.2, -0.15) is 0 Å². The molecule has 5 heteroatoms. The zero-order valence-electron chi connectivity index (χ0n) is 15.5. The second-order valence-corrected chi connectivity index (χ2v) is 9.42. The molecule has 1 aromatic carbocycles. The van der Waals surface area contributed by atoms with Crippen LogP contribution in [-0.4, -0.2) is 16.8 Å². The molecule has 0 spiro atoms. The number of rotatable bonds is 1. The van der Waals surface area contributed by atoms with Gasteiger partial charge < -0.3 is 4.98 Å². The second kappa shape index (κ2) is 6.06. The summed E-state index contributed by atoms with van der Waals surface area (Å²) in [6.07, 6.45) is 3.31. The number of aryl methyl sites for hydroxylation is 1. The quantitative estimate of drug-likeness (QED) is 0.659. The van der Waals surface area contributed by atoms with Crippen LogP contribution >= 0.6 is 15.9 Å². The van der Waals surface area contributed by atoms with E-state index in [2.05, 4.69) is 33.9 Å². The van der Waals surface area contributed by atoms with Gasteiger partial charge in [-0.25, -0.2) is 4.90 Å². The molecule has 2 amide bonds. The molecule has 1 N–H and O–H groups in total. The van der Waals surface area contributed by atoms with Crippen LogP contribution in [0, 0.1) is 24.7 Å². The summed E-state index contributed by atoms with van der Waals surface area (Å²) in [4.78, 5) is 31.9. The number of anilines is 1. The number of nitrogens with zero attached hydrogens (tertiary/aromatic N) is 1. The van der Waals surface area contributed by atoms with Gasteiger partial charge in [0.05, 0.1) is 17.5 Å². The number of nitrogens with one attached hydrogen (secondary N) is 1. The molecule has 5 rings (SSSR count). The second-order valence-electron chi connectivity index (χ2n) is 8.50. The summed E-state index contributed by atoms with van der Waals surface area (Å²) < 4.78 is 0.937. The highest BCUT2D eigenvalue weighted by molar-refractivity contribution is 9.10. The molecule has 3 aliphatic rings. The molecular formula is C22H23BrN2O2. The molecule has 1 aliphatic heterocycles. The van der Waals surface area contributed by atoms with E-state index in [4.69, 9.17) is 0 Å². The van der Waals surface area contributed by atoms with E-state index in [1.54, 1.807) is 0 Å². The van der Waals surface area contributed by atoms with Crippen LogP contribution in [0.15, 0.2) is 34.8 Å². The van der Waals surface area contributed by atoms with Crippen molar-refractivity contribution in [3.8, 4) is 0 Å². The molecule has 1 saturated carbocycles. The first kappa shape index (κ1) is 17.2. The van der Waals surface area contributed by atoms with E-state index in [0.717, 1.165) is 28.6 Å². The molecule has 1 saturated heterocycles. The Morgan fingerprint density at radius 3 is 2.59 bits per heavy atom. The summed E-state index contributed by atoms with van der Waals surface area (Å²) in [6, 6.07) is 9.56. The maximum Gasteiger partial charge on any atom is 0.242 e. The maximum absolute atomic E-state index is 13.5. The highest BCUT2D eigenvalue weighted by atomic mass is 79.9. The molecule has 1 aromatic heterocycles. The van der Waals surface area contributed by atoms with Crippen LogP contribution in [0.1, 0.15) is 55.0 Å². The van der Waals surface area contributed by atoms with Gasteiger partial charge in [-0.3, -0.25) is 9.59 Å². The Labute approximate surface area is 167 Å². The SMILES string of the molecule is Cc1cc2c([nH]1)[C@@H]1CCC(C)C[C@@H]1[C@@H]1C(=O)N(c3ccc(Br)cc3)C(=O)[C@H]21. The number of carbonyl (C=O) groups is 2. The number of halogens is 1. The highest BCUT2D eigenvalue weighted by Crippen LogP contribution is 2.57. The van der Waals surface area contributed by atoms with Crippen LogP contribution in [0.3, 0.4) is 0 Å². The minimum absolute atomic E-state index is 0.0130. The van der Waals surface area contributed by atoms with Crippen molar-refractivity contribution in [1.82, 2.24) is 4.98 Å². The zero-order valence-corrected chi connectivity index (χ0v) is 17.1. The van der Waals surface area contributed by atoms with Gasteiger partial charge in [0.1, 0.15) is 0 Å². The van der Waals surface area contributed by atoms with Crippen molar-refractivity contribution in [1.29, 1.82) is 0 Å². The van der Waals surface area contributed by atoms with E-state index in [1.165, 1.54) is 17.0 Å². The van der Waals surface area contributed by atoms with Gasteiger partial charge in [0.2, 0.25) is 11.8 Å². The lowest BCUT2D eigenvalue weighted by molar-refractivity contribution is -0.123. The van der Waals surface area contributed by atoms with Gasteiger partial charge >= 0.3 is 0 Å². The van der Waals surface area contributed by atoms with Crippen LogP contribution in [-0.2, 0) is 9.59 Å². The summed E-state index contributed by atoms with van der Waals surface area (Å²) in [5.74, 6) is 0.581. The lowest BCUT2D eigenvalue weighted by Crippen LogP contribution is -2.39. The Kier molecular flexibility index (Phi) is 3.87. The number of hydrogen-bond donors (Lipinski definition) is 1. The van der Waals surface area contributed by atoms with Crippen LogP contribution in [0.25, 0.3) is 0 Å². The first-order valence-electron chi connectivity index (χ1n) is 9.78. The van der Waals surface area contributed by atoms with Crippen molar-refractivity contribution in [2.75, 3.05) is 4.90 Å². The van der Waals surface area contributed by atoms with Gasteiger partial charge in [0.15, 0.2) is 0 Å². The van der Waals surface area contributed by atoms with E-state index in [0.29, 0.717) is 17.5 Å². The Bertz CT molecular complexity index is 932. The summed E-state index contributed by atoms with van der Waals surface area (Å²) in [7, 11) is 0.